The third kappa shape index (κ3) is 3.68. The molecule has 176 valence electrons. The number of phenols is 2. The normalized spacial score (nSPS) is 12.2. The largest absolute Gasteiger partial charge is 0.507 e. The Morgan fingerprint density at radius 1 is 0.824 bits per heavy atom. The van der Waals surface area contributed by atoms with Gasteiger partial charge in [-0.3, -0.25) is 9.59 Å². The smallest absolute Gasteiger partial charge is 0.201 e. The lowest BCUT2D eigenvalue weighted by molar-refractivity contribution is 0.0967. The Kier molecular flexibility index (Phi) is 6.10. The van der Waals surface area contributed by atoms with Crippen molar-refractivity contribution >= 4 is 28.6 Å². The number of aromatic hydroxyl groups is 2. The van der Waals surface area contributed by atoms with Crippen molar-refractivity contribution < 1.29 is 33.3 Å². The van der Waals surface area contributed by atoms with E-state index in [9.17, 15) is 19.8 Å². The number of carbonyl (C=O) groups is 2. The molecule has 4 N–H and O–H groups in total. The van der Waals surface area contributed by atoms with Gasteiger partial charge in [0.25, 0.3) is 0 Å². The van der Waals surface area contributed by atoms with E-state index < -0.39 is 57.0 Å². The highest BCUT2D eigenvalue weighted by Gasteiger charge is 2.41. The molecule has 0 saturated heterocycles. The molecule has 7 nitrogen and oxygen atoms in total. The summed E-state index contributed by atoms with van der Waals surface area (Å²) >= 11 is 0. The molecule has 0 unspecified atom stereocenters. The highest BCUT2D eigenvalue weighted by Crippen LogP contribution is 2.44. The van der Waals surface area contributed by atoms with Crippen LogP contribution < -0.4 is 15.4 Å². The van der Waals surface area contributed by atoms with Crippen LogP contribution in [0.25, 0.3) is 0 Å². The summed E-state index contributed by atoms with van der Waals surface area (Å²) in [4.78, 5) is 26.3. The van der Waals surface area contributed by atoms with Crippen molar-refractivity contribution in [2.45, 2.75) is 19.8 Å². The van der Waals surface area contributed by atoms with Gasteiger partial charge in [0, 0.05) is 12.2 Å². The number of carbonyl (C=O) groups excluding carboxylic acids is 2. The second-order valence-electron chi connectivity index (χ2n) is 7.77. The molecule has 1 aliphatic rings. The van der Waals surface area contributed by atoms with Crippen molar-refractivity contribution in [3.05, 3.63) is 70.3 Å². The van der Waals surface area contributed by atoms with Gasteiger partial charge in [0.15, 0.2) is 11.6 Å². The molecule has 0 fully saturated rings. The van der Waals surface area contributed by atoms with Crippen LogP contribution in [0.3, 0.4) is 0 Å². The second kappa shape index (κ2) is 9.01. The van der Waals surface area contributed by atoms with E-state index in [0.717, 1.165) is 18.6 Å². The van der Waals surface area contributed by atoms with E-state index in [1.54, 1.807) is 24.3 Å². The van der Waals surface area contributed by atoms with Crippen LogP contribution in [0, 0.1) is 11.6 Å². The topological polar surface area (TPSA) is 108 Å². The molecule has 9 heteroatoms. The van der Waals surface area contributed by atoms with Crippen LogP contribution in [-0.4, -0.2) is 35.4 Å². The zero-order valence-corrected chi connectivity index (χ0v) is 18.5. The summed E-state index contributed by atoms with van der Waals surface area (Å²) in [5, 5.41) is 25.9. The zero-order valence-electron chi connectivity index (χ0n) is 18.5. The van der Waals surface area contributed by atoms with Gasteiger partial charge in [-0.05, 0) is 42.8 Å². The van der Waals surface area contributed by atoms with E-state index in [0.29, 0.717) is 17.9 Å². The quantitative estimate of drug-likeness (QED) is 0.220. The molecule has 1 aliphatic carbocycles. The molecular formula is C25H22F2N2O5. The minimum atomic E-state index is -1.15. The molecule has 0 aliphatic heterocycles. The molecule has 0 saturated carbocycles. The van der Waals surface area contributed by atoms with E-state index in [2.05, 4.69) is 10.6 Å². The first-order chi connectivity index (χ1) is 16.3. The van der Waals surface area contributed by atoms with Crippen molar-refractivity contribution in [1.29, 1.82) is 0 Å². The van der Waals surface area contributed by atoms with Crippen LogP contribution in [-0.2, 0) is 0 Å². The number of benzene rings is 3. The Morgan fingerprint density at radius 2 is 1.35 bits per heavy atom. The minimum absolute atomic E-state index is 0.285. The van der Waals surface area contributed by atoms with Gasteiger partial charge in [0.2, 0.25) is 11.6 Å². The Morgan fingerprint density at radius 3 is 1.85 bits per heavy atom. The molecule has 0 spiro atoms. The number of ether oxygens (including phenoxy) is 1. The standard InChI is InChI=1S/C25H22F2N2O5/c1-3-4-11-28-22-20(26)18-19(21(27)23(22)29-12-5-7-13(34-2)8-6-12)25(33)17-15(31)10-9-14(30)16(17)24(18)32/h5-10,28-31H,3-4,11H2,1-2H3. The third-order valence-corrected chi connectivity index (χ3v) is 5.64. The lowest BCUT2D eigenvalue weighted by atomic mass is 9.81. The van der Waals surface area contributed by atoms with Crippen molar-refractivity contribution in [3.63, 3.8) is 0 Å². The van der Waals surface area contributed by atoms with E-state index in [1.165, 1.54) is 7.11 Å². The lowest BCUT2D eigenvalue weighted by Gasteiger charge is -2.24. The Labute approximate surface area is 194 Å². The number of fused-ring (bicyclic) bond motifs is 2. The number of hydrogen-bond acceptors (Lipinski definition) is 7. The molecule has 3 aromatic rings. The monoisotopic (exact) mass is 468 g/mol. The number of phenolic OH excluding ortho intramolecular Hbond substituents is 2. The van der Waals surface area contributed by atoms with Gasteiger partial charge in [-0.25, -0.2) is 8.78 Å². The first-order valence-electron chi connectivity index (χ1n) is 10.6. The first kappa shape index (κ1) is 23.0. The van der Waals surface area contributed by atoms with E-state index in [1.807, 2.05) is 6.92 Å². The van der Waals surface area contributed by atoms with Crippen molar-refractivity contribution in [1.82, 2.24) is 0 Å². The molecule has 0 radical (unpaired) electrons. The van der Waals surface area contributed by atoms with Crippen LogP contribution in [0.5, 0.6) is 17.2 Å². The van der Waals surface area contributed by atoms with Crippen molar-refractivity contribution in [2.24, 2.45) is 0 Å². The minimum Gasteiger partial charge on any atom is -0.507 e. The molecule has 0 aromatic heterocycles. The summed E-state index contributed by atoms with van der Waals surface area (Å²) < 4.78 is 36.8. The van der Waals surface area contributed by atoms with Gasteiger partial charge in [0.05, 0.1) is 35.1 Å². The van der Waals surface area contributed by atoms with Crippen LogP contribution in [0.4, 0.5) is 25.8 Å². The Balaban J connectivity index is 1.93. The SMILES string of the molecule is CCCCNc1c(F)c2c(c(F)c1Nc1ccc(OC)cc1)C(=O)c1c(O)ccc(O)c1C2=O. The Bertz CT molecular complexity index is 1310. The maximum atomic E-state index is 15.9. The van der Waals surface area contributed by atoms with Gasteiger partial charge in [-0.1, -0.05) is 13.3 Å². The number of halogens is 2. The summed E-state index contributed by atoms with van der Waals surface area (Å²) in [5.41, 5.74) is -3.04. The van der Waals surface area contributed by atoms with Crippen LogP contribution in [0.15, 0.2) is 36.4 Å². The number of hydrogen-bond donors (Lipinski definition) is 4. The summed E-state index contributed by atoms with van der Waals surface area (Å²) in [6.07, 6.45) is 1.42. The predicted molar refractivity (Wildman–Crippen MR) is 123 cm³/mol. The van der Waals surface area contributed by atoms with Gasteiger partial charge >= 0.3 is 0 Å². The third-order valence-electron chi connectivity index (χ3n) is 5.64. The molecule has 0 heterocycles. The number of unbranched alkanes of at least 4 members (excludes halogenated alkanes) is 1. The molecule has 34 heavy (non-hydrogen) atoms. The maximum Gasteiger partial charge on any atom is 0.201 e. The maximum absolute atomic E-state index is 15.9. The molecule has 3 aromatic carbocycles. The molecule has 0 bridgehead atoms. The summed E-state index contributed by atoms with van der Waals surface area (Å²) in [6.45, 7) is 2.21. The predicted octanol–water partition coefficient (Wildman–Crippen LogP) is 5.12. The number of nitrogens with one attached hydrogen (secondary N) is 2. The first-order valence-corrected chi connectivity index (χ1v) is 10.6. The van der Waals surface area contributed by atoms with E-state index in [4.69, 9.17) is 4.74 Å². The van der Waals surface area contributed by atoms with Gasteiger partial charge in [0.1, 0.15) is 22.9 Å². The summed E-state index contributed by atoms with van der Waals surface area (Å²) in [6, 6.07) is 8.42. The van der Waals surface area contributed by atoms with Crippen LogP contribution >= 0.6 is 0 Å². The van der Waals surface area contributed by atoms with Crippen molar-refractivity contribution in [3.8, 4) is 17.2 Å². The fourth-order valence-corrected chi connectivity index (χ4v) is 3.90. The molecule has 4 rings (SSSR count). The van der Waals surface area contributed by atoms with Crippen LogP contribution in [0.1, 0.15) is 51.6 Å². The van der Waals surface area contributed by atoms with E-state index >= 15 is 8.78 Å². The zero-order chi connectivity index (χ0) is 24.6. The number of anilines is 3. The second-order valence-corrected chi connectivity index (χ2v) is 7.77. The number of methoxy groups -OCH3 is 1. The highest BCUT2D eigenvalue weighted by atomic mass is 19.1. The van der Waals surface area contributed by atoms with Gasteiger partial charge in [-0.15, -0.1) is 0 Å². The van der Waals surface area contributed by atoms with Gasteiger partial charge in [-0.2, -0.15) is 0 Å². The van der Waals surface area contributed by atoms with Crippen LogP contribution in [0.2, 0.25) is 0 Å². The number of rotatable bonds is 7. The van der Waals surface area contributed by atoms with E-state index in [-0.39, 0.29) is 17.9 Å². The summed E-state index contributed by atoms with van der Waals surface area (Å²) in [5.74, 6) is -5.16. The average molecular weight is 468 g/mol. The molecular weight excluding hydrogens is 446 g/mol. The average Bonchev–Trinajstić information content (AvgIpc) is 2.83. The number of ketones is 2. The van der Waals surface area contributed by atoms with Crippen molar-refractivity contribution in [2.75, 3.05) is 24.3 Å². The molecule has 0 atom stereocenters. The fraction of sp³-hybridized carbons (Fsp3) is 0.200. The highest BCUT2D eigenvalue weighted by molar-refractivity contribution is 6.31. The fourth-order valence-electron chi connectivity index (χ4n) is 3.90. The lowest BCUT2D eigenvalue weighted by Crippen LogP contribution is -2.26. The summed E-state index contributed by atoms with van der Waals surface area (Å²) in [7, 11) is 1.49. The Hall–Kier alpha value is -4.14. The molecule has 0 amide bonds. The van der Waals surface area contributed by atoms with Gasteiger partial charge < -0.3 is 25.6 Å².